The predicted molar refractivity (Wildman–Crippen MR) is 124 cm³/mol. The third kappa shape index (κ3) is 8.22. The first-order valence-electron chi connectivity index (χ1n) is 10.3. The van der Waals surface area contributed by atoms with Crippen molar-refractivity contribution in [2.45, 2.75) is 25.7 Å². The number of nitrogen functional groups attached to an aromatic ring is 2. The second-order valence-electron chi connectivity index (χ2n) is 7.05. The summed E-state index contributed by atoms with van der Waals surface area (Å²) in [5, 5.41) is 0. The maximum absolute atomic E-state index is 12.0. The molecule has 8 heteroatoms. The molecule has 2 aromatic carbocycles. The Morgan fingerprint density at radius 3 is 2.06 bits per heavy atom. The molecule has 0 bridgehead atoms. The molecule has 172 valence electrons. The molecule has 0 fully saturated rings. The van der Waals surface area contributed by atoms with E-state index < -0.39 is 11.9 Å². The highest BCUT2D eigenvalue weighted by atomic mass is 16.5. The van der Waals surface area contributed by atoms with Crippen LogP contribution in [-0.4, -0.2) is 39.4 Å². The lowest BCUT2D eigenvalue weighted by molar-refractivity contribution is -0.137. The van der Waals surface area contributed by atoms with Crippen LogP contribution in [0, 0.1) is 0 Å². The third-order valence-electron chi connectivity index (χ3n) is 4.55. The van der Waals surface area contributed by atoms with E-state index in [1.807, 2.05) is 6.07 Å². The van der Waals surface area contributed by atoms with E-state index in [2.05, 4.69) is 0 Å². The van der Waals surface area contributed by atoms with Gasteiger partial charge >= 0.3 is 11.9 Å². The van der Waals surface area contributed by atoms with Crippen molar-refractivity contribution in [1.82, 2.24) is 0 Å². The van der Waals surface area contributed by atoms with Gasteiger partial charge in [-0.2, -0.15) is 0 Å². The van der Waals surface area contributed by atoms with Crippen LogP contribution in [-0.2, 0) is 14.3 Å². The van der Waals surface area contributed by atoms with E-state index in [0.29, 0.717) is 41.7 Å². The predicted octanol–water partition coefficient (Wildman–Crippen LogP) is 3.84. The van der Waals surface area contributed by atoms with Crippen LogP contribution in [0.5, 0.6) is 11.5 Å². The van der Waals surface area contributed by atoms with E-state index in [9.17, 15) is 9.59 Å². The summed E-state index contributed by atoms with van der Waals surface area (Å²) in [6, 6.07) is 10.0. The lowest BCUT2D eigenvalue weighted by Gasteiger charge is -2.07. The number of benzene rings is 2. The molecule has 0 radical (unpaired) electrons. The largest absolute Gasteiger partial charge is 0.493 e. The van der Waals surface area contributed by atoms with E-state index in [1.165, 1.54) is 18.2 Å². The Morgan fingerprint density at radius 2 is 1.44 bits per heavy atom. The molecule has 0 spiro atoms. The van der Waals surface area contributed by atoms with Crippen LogP contribution in [0.3, 0.4) is 0 Å². The van der Waals surface area contributed by atoms with Crippen molar-refractivity contribution >= 4 is 29.4 Å². The first-order valence-corrected chi connectivity index (χ1v) is 10.3. The van der Waals surface area contributed by atoms with Gasteiger partial charge in [0.05, 0.1) is 33.0 Å². The van der Waals surface area contributed by atoms with E-state index in [4.69, 9.17) is 30.4 Å². The smallest absolute Gasteiger partial charge is 0.338 e. The average Bonchev–Trinajstić information content (AvgIpc) is 2.78. The number of hydrogen-bond donors (Lipinski definition) is 2. The molecule has 0 aliphatic rings. The van der Waals surface area contributed by atoms with Gasteiger partial charge in [0.15, 0.2) is 11.5 Å². The Bertz CT molecular complexity index is 922. The molecule has 0 saturated heterocycles. The van der Waals surface area contributed by atoms with Crippen LogP contribution in [0.2, 0.25) is 0 Å². The zero-order valence-electron chi connectivity index (χ0n) is 18.5. The quantitative estimate of drug-likeness (QED) is 0.220. The van der Waals surface area contributed by atoms with Crippen molar-refractivity contribution in [3.8, 4) is 11.5 Å². The van der Waals surface area contributed by atoms with Gasteiger partial charge in [0.2, 0.25) is 0 Å². The van der Waals surface area contributed by atoms with E-state index >= 15 is 0 Å². The van der Waals surface area contributed by atoms with E-state index in [-0.39, 0.29) is 0 Å². The van der Waals surface area contributed by atoms with Gasteiger partial charge in [-0.15, -0.1) is 0 Å². The average molecular weight is 443 g/mol. The minimum Gasteiger partial charge on any atom is -0.493 e. The lowest BCUT2D eigenvalue weighted by Crippen LogP contribution is -2.08. The molecule has 32 heavy (non-hydrogen) atoms. The summed E-state index contributed by atoms with van der Waals surface area (Å²) in [6.45, 7) is 0.638. The Hall–Kier alpha value is -3.68. The van der Waals surface area contributed by atoms with Crippen LogP contribution in [0.4, 0.5) is 11.4 Å². The highest BCUT2D eigenvalue weighted by Crippen LogP contribution is 2.28. The fourth-order valence-corrected chi connectivity index (χ4v) is 2.94. The molecule has 0 aliphatic heterocycles. The number of anilines is 2. The van der Waals surface area contributed by atoms with Gasteiger partial charge in [0.1, 0.15) is 0 Å². The normalized spacial score (nSPS) is 10.7. The van der Waals surface area contributed by atoms with Crippen LogP contribution >= 0.6 is 0 Å². The number of hydrogen-bond acceptors (Lipinski definition) is 8. The summed E-state index contributed by atoms with van der Waals surface area (Å²) < 4.78 is 20.8. The molecular weight excluding hydrogens is 412 g/mol. The van der Waals surface area contributed by atoms with Crippen LogP contribution in [0.15, 0.2) is 42.5 Å². The fraction of sp³-hybridized carbons (Fsp3) is 0.333. The molecule has 0 unspecified atom stereocenters. The second-order valence-corrected chi connectivity index (χ2v) is 7.05. The number of nitrogens with two attached hydrogens (primary N) is 2. The minimum absolute atomic E-state index is 0.307. The number of carbonyl (C=O) groups is 2. The molecule has 0 aliphatic carbocycles. The minimum atomic E-state index is -0.445. The van der Waals surface area contributed by atoms with E-state index in [1.54, 1.807) is 38.5 Å². The molecule has 0 saturated carbocycles. The van der Waals surface area contributed by atoms with Crippen molar-refractivity contribution in [3.63, 3.8) is 0 Å². The number of esters is 2. The lowest BCUT2D eigenvalue weighted by atomic mass is 10.2. The highest BCUT2D eigenvalue weighted by molar-refractivity contribution is 5.91. The topological polar surface area (TPSA) is 123 Å². The molecule has 8 nitrogen and oxygen atoms in total. The summed E-state index contributed by atoms with van der Waals surface area (Å²) in [5.41, 5.74) is 13.3. The first kappa shape index (κ1) is 24.6. The molecule has 0 aromatic heterocycles. The first-order chi connectivity index (χ1) is 15.4. The van der Waals surface area contributed by atoms with Crippen LogP contribution in [0.25, 0.3) is 6.08 Å². The second kappa shape index (κ2) is 12.9. The molecule has 4 N–H and O–H groups in total. The van der Waals surface area contributed by atoms with Crippen molar-refractivity contribution in [3.05, 3.63) is 53.6 Å². The summed E-state index contributed by atoms with van der Waals surface area (Å²) in [4.78, 5) is 23.8. The van der Waals surface area contributed by atoms with Gasteiger partial charge in [-0.25, -0.2) is 9.59 Å². The number of methoxy groups -OCH3 is 2. The standard InChI is InChI=1S/C24H30N2O6/c1-29-21-9-7-17(13-22(21)30-2)8-10-23(27)31-11-5-3-4-6-12-32-24(28)18-14-19(25)16-20(26)15-18/h7-10,13-16H,3-6,11-12,25-26H2,1-2H3. The Labute approximate surface area is 188 Å². The monoisotopic (exact) mass is 442 g/mol. The van der Waals surface area contributed by atoms with Crippen molar-refractivity contribution in [2.75, 3.05) is 38.9 Å². The molecule has 0 atom stereocenters. The molecule has 0 heterocycles. The summed E-state index contributed by atoms with van der Waals surface area (Å²) in [5.74, 6) is 0.358. The third-order valence-corrected chi connectivity index (χ3v) is 4.55. The fourth-order valence-electron chi connectivity index (χ4n) is 2.94. The number of carbonyl (C=O) groups excluding carboxylic acids is 2. The number of rotatable bonds is 12. The van der Waals surface area contributed by atoms with Crippen molar-refractivity contribution in [2.24, 2.45) is 0 Å². The summed E-state index contributed by atoms with van der Waals surface area (Å²) in [7, 11) is 3.12. The van der Waals surface area contributed by atoms with Gasteiger partial charge in [0, 0.05) is 17.5 Å². The Morgan fingerprint density at radius 1 is 0.812 bits per heavy atom. The Kier molecular flexibility index (Phi) is 9.90. The van der Waals surface area contributed by atoms with Crippen LogP contribution < -0.4 is 20.9 Å². The van der Waals surface area contributed by atoms with Gasteiger partial charge in [-0.05, 0) is 67.7 Å². The molecule has 0 amide bonds. The molecule has 2 rings (SSSR count). The summed E-state index contributed by atoms with van der Waals surface area (Å²) in [6.07, 6.45) is 6.20. The van der Waals surface area contributed by atoms with Gasteiger partial charge in [-0.1, -0.05) is 6.07 Å². The van der Waals surface area contributed by atoms with Gasteiger partial charge < -0.3 is 30.4 Å². The van der Waals surface area contributed by atoms with Crippen LogP contribution in [0.1, 0.15) is 41.6 Å². The zero-order chi connectivity index (χ0) is 23.3. The highest BCUT2D eigenvalue weighted by Gasteiger charge is 2.08. The zero-order valence-corrected chi connectivity index (χ0v) is 18.5. The molecule has 2 aromatic rings. The van der Waals surface area contributed by atoms with Gasteiger partial charge in [0.25, 0.3) is 0 Å². The Balaban J connectivity index is 1.58. The SMILES string of the molecule is COc1ccc(C=CC(=O)OCCCCCCOC(=O)c2cc(N)cc(N)c2)cc1OC. The van der Waals surface area contributed by atoms with E-state index in [0.717, 1.165) is 31.2 Å². The van der Waals surface area contributed by atoms with Gasteiger partial charge in [-0.3, -0.25) is 0 Å². The maximum Gasteiger partial charge on any atom is 0.338 e. The van der Waals surface area contributed by atoms with Crippen molar-refractivity contribution in [1.29, 1.82) is 0 Å². The van der Waals surface area contributed by atoms with Crippen molar-refractivity contribution < 1.29 is 28.5 Å². The maximum atomic E-state index is 12.0. The number of unbranched alkanes of at least 4 members (excludes halogenated alkanes) is 3. The summed E-state index contributed by atoms with van der Waals surface area (Å²) >= 11 is 0. The number of ether oxygens (including phenoxy) is 4. The molecular formula is C24H30N2O6.